The molecule has 2 saturated heterocycles. The normalized spacial score (nSPS) is 35.6. The number of hydrogen-bond acceptors (Lipinski definition) is 18. The van der Waals surface area contributed by atoms with Gasteiger partial charge in [0.05, 0.1) is 45.2 Å². The molecule has 274 valence electrons. The molecule has 0 spiro atoms. The number of hydrogen-bond donors (Lipinski definition) is 9. The molecule has 1 aromatic carbocycles. The summed E-state index contributed by atoms with van der Waals surface area (Å²) in [6, 6.07) is 4.18. The molecule has 0 unspecified atom stereocenters. The van der Waals surface area contributed by atoms with Gasteiger partial charge in [0, 0.05) is 17.9 Å². The lowest BCUT2D eigenvalue weighted by Gasteiger charge is -2.41. The Balaban J connectivity index is 1.37. The second-order valence-corrected chi connectivity index (χ2v) is 11.5. The Labute approximate surface area is 279 Å². The molecule has 18 heteroatoms. The van der Waals surface area contributed by atoms with Crippen molar-refractivity contribution in [3.8, 4) is 11.5 Å². The summed E-state index contributed by atoms with van der Waals surface area (Å²) in [6.07, 6.45) is -14.6. The summed E-state index contributed by atoms with van der Waals surface area (Å²) in [5.74, 6) is -3.02. The molecule has 4 rings (SSSR count). The molecule has 3 aliphatic rings. The van der Waals surface area contributed by atoms with Crippen molar-refractivity contribution < 1.29 is 88.7 Å². The molecular weight excluding hydrogens is 660 g/mol. The molecule has 1 aromatic rings. The van der Waals surface area contributed by atoms with E-state index in [1.165, 1.54) is 24.3 Å². The van der Waals surface area contributed by atoms with Gasteiger partial charge in [-0.05, 0) is 24.6 Å². The predicted octanol–water partition coefficient (Wildman–Crippen LogP) is -3.16. The largest absolute Gasteiger partial charge is 0.504 e. The molecule has 3 heterocycles. The number of carbonyl (C=O) groups excluding carboxylic acids is 2. The Hall–Kier alpha value is -3.40. The van der Waals surface area contributed by atoms with Crippen LogP contribution < -0.4 is 4.74 Å². The van der Waals surface area contributed by atoms with E-state index in [-0.39, 0.29) is 42.1 Å². The van der Waals surface area contributed by atoms with E-state index in [0.717, 1.165) is 13.4 Å². The molecule has 12 atom stereocenters. The van der Waals surface area contributed by atoms with E-state index in [4.69, 9.17) is 33.2 Å². The molecule has 3 aliphatic heterocycles. The van der Waals surface area contributed by atoms with Crippen molar-refractivity contribution in [3.05, 3.63) is 47.2 Å². The molecule has 2 fully saturated rings. The topological polar surface area (TPSA) is 281 Å². The van der Waals surface area contributed by atoms with Crippen LogP contribution in [-0.2, 0) is 44.4 Å². The maximum Gasteiger partial charge on any atom is 0.337 e. The zero-order valence-corrected chi connectivity index (χ0v) is 26.5. The first-order valence-corrected chi connectivity index (χ1v) is 15.4. The quantitative estimate of drug-likeness (QED) is 0.0767. The van der Waals surface area contributed by atoms with Gasteiger partial charge in [0.1, 0.15) is 48.8 Å². The van der Waals surface area contributed by atoms with Crippen molar-refractivity contribution >= 4 is 11.9 Å². The van der Waals surface area contributed by atoms with Crippen LogP contribution in [0.25, 0.3) is 0 Å². The number of aromatic hydroxyl groups is 1. The van der Waals surface area contributed by atoms with Crippen molar-refractivity contribution in [2.45, 2.75) is 87.5 Å². The van der Waals surface area contributed by atoms with Gasteiger partial charge < -0.3 is 79.1 Å². The van der Waals surface area contributed by atoms with Gasteiger partial charge in [0.25, 0.3) is 0 Å². The van der Waals surface area contributed by atoms with Crippen LogP contribution in [-0.4, -0.2) is 153 Å². The number of allylic oxidation sites excluding steroid dienone is 1. The van der Waals surface area contributed by atoms with Gasteiger partial charge >= 0.3 is 11.9 Å². The highest BCUT2D eigenvalue weighted by atomic mass is 16.8. The fourth-order valence-corrected chi connectivity index (χ4v) is 5.54. The lowest BCUT2D eigenvalue weighted by molar-refractivity contribution is -0.327. The Morgan fingerprint density at radius 2 is 1.49 bits per heavy atom. The number of phenolic OH excluding ortho intramolecular Hbond substituents is 1. The highest BCUT2D eigenvalue weighted by Crippen LogP contribution is 2.36. The van der Waals surface area contributed by atoms with Crippen molar-refractivity contribution in [3.63, 3.8) is 0 Å². The van der Waals surface area contributed by atoms with Gasteiger partial charge in [-0.2, -0.15) is 0 Å². The SMILES string of the molecule is C/C=C1/[C@H](O[C@@H]2O[C@H](CO)[C@@H](O)[C@H](O)[C@H]2O)OC=C(C(=O)OC)[C@H]1CC(=O)OCCc1ccc(O[C@H]2O[C@H](CO)[C@@H](O)[C@H](O)[C@H]2O)c(O)c1. The van der Waals surface area contributed by atoms with Gasteiger partial charge in [-0.25, -0.2) is 4.79 Å². The van der Waals surface area contributed by atoms with Crippen LogP contribution in [0.3, 0.4) is 0 Å². The van der Waals surface area contributed by atoms with Crippen LogP contribution in [0.5, 0.6) is 11.5 Å². The van der Waals surface area contributed by atoms with Gasteiger partial charge in [-0.15, -0.1) is 0 Å². The van der Waals surface area contributed by atoms with E-state index >= 15 is 0 Å². The molecule has 0 bridgehead atoms. The number of carbonyl (C=O) groups is 2. The van der Waals surface area contributed by atoms with E-state index in [0.29, 0.717) is 5.56 Å². The first kappa shape index (κ1) is 38.4. The molecule has 0 saturated carbocycles. The lowest BCUT2D eigenvalue weighted by atomic mass is 9.86. The first-order chi connectivity index (χ1) is 23.3. The third-order valence-electron chi connectivity index (χ3n) is 8.37. The fourth-order valence-electron chi connectivity index (χ4n) is 5.54. The maximum atomic E-state index is 13.0. The highest BCUT2D eigenvalue weighted by molar-refractivity contribution is 5.90. The zero-order valence-electron chi connectivity index (χ0n) is 26.5. The summed E-state index contributed by atoms with van der Waals surface area (Å²) in [7, 11) is 1.14. The second kappa shape index (κ2) is 17.0. The zero-order chi connectivity index (χ0) is 36.0. The molecular formula is C31H42O18. The number of rotatable bonds is 12. The van der Waals surface area contributed by atoms with E-state index in [2.05, 4.69) is 0 Å². The number of aliphatic hydroxyl groups is 8. The third kappa shape index (κ3) is 8.67. The number of ether oxygens (including phenoxy) is 7. The first-order valence-electron chi connectivity index (χ1n) is 15.4. The van der Waals surface area contributed by atoms with E-state index in [9.17, 15) is 55.5 Å². The average molecular weight is 703 g/mol. The standard InChI is InChI=1S/C31H42O18/c1-3-14-15(16(28(42)43-2)12-45-29(14)49-31-27(41)25(39)23(37)20(11-33)48-31)9-21(35)44-7-6-13-4-5-18(17(34)8-13)46-30-26(40)24(38)22(36)19(10-32)47-30/h3-5,8,12,15,19-20,22-27,29-34,36-41H,6-7,9-11H2,1-2H3/b14-3+/t15-,19+,20+,22+,23+,24-,25-,26+,27+,29-,30-,31-/m0/s1. The van der Waals surface area contributed by atoms with Gasteiger partial charge in [0.2, 0.25) is 12.6 Å². The van der Waals surface area contributed by atoms with Crippen molar-refractivity contribution in [1.82, 2.24) is 0 Å². The molecule has 0 aliphatic carbocycles. The second-order valence-electron chi connectivity index (χ2n) is 11.5. The maximum absolute atomic E-state index is 13.0. The molecule has 0 amide bonds. The van der Waals surface area contributed by atoms with E-state index < -0.39 is 98.8 Å². The van der Waals surface area contributed by atoms with Crippen molar-refractivity contribution in [2.75, 3.05) is 26.9 Å². The highest BCUT2D eigenvalue weighted by Gasteiger charge is 2.47. The summed E-state index contributed by atoms with van der Waals surface area (Å²) >= 11 is 0. The summed E-state index contributed by atoms with van der Waals surface area (Å²) in [5, 5.41) is 90.0. The summed E-state index contributed by atoms with van der Waals surface area (Å²) in [4.78, 5) is 25.5. The average Bonchev–Trinajstić information content (AvgIpc) is 3.09. The van der Waals surface area contributed by atoms with Gasteiger partial charge in [-0.3, -0.25) is 4.79 Å². The van der Waals surface area contributed by atoms with E-state index in [1.54, 1.807) is 6.92 Å². The summed E-state index contributed by atoms with van der Waals surface area (Å²) in [5.41, 5.74) is 0.715. The lowest BCUT2D eigenvalue weighted by Crippen LogP contribution is -2.60. The molecule has 49 heavy (non-hydrogen) atoms. The summed E-state index contributed by atoms with van der Waals surface area (Å²) < 4.78 is 37.6. The molecule has 9 N–H and O–H groups in total. The number of phenols is 1. The minimum atomic E-state index is -1.73. The Morgan fingerprint density at radius 3 is 2.06 bits per heavy atom. The Kier molecular flexibility index (Phi) is 13.3. The fraction of sp³-hybridized carbons (Fsp3) is 0.613. The van der Waals surface area contributed by atoms with Gasteiger partial charge in [-0.1, -0.05) is 12.1 Å². The minimum Gasteiger partial charge on any atom is -0.504 e. The monoisotopic (exact) mass is 702 g/mol. The van der Waals surface area contributed by atoms with Crippen LogP contribution >= 0.6 is 0 Å². The third-order valence-corrected chi connectivity index (χ3v) is 8.37. The number of esters is 2. The van der Waals surface area contributed by atoms with Crippen molar-refractivity contribution in [1.29, 1.82) is 0 Å². The van der Waals surface area contributed by atoms with Crippen molar-refractivity contribution in [2.24, 2.45) is 5.92 Å². The molecule has 0 aromatic heterocycles. The van der Waals surface area contributed by atoms with E-state index in [1.807, 2.05) is 0 Å². The smallest absolute Gasteiger partial charge is 0.337 e. The Bertz CT molecular complexity index is 1350. The predicted molar refractivity (Wildman–Crippen MR) is 159 cm³/mol. The number of benzene rings is 1. The van der Waals surface area contributed by atoms with Crippen LogP contribution in [0.1, 0.15) is 18.9 Å². The van der Waals surface area contributed by atoms with Crippen LogP contribution in [0.15, 0.2) is 41.7 Å². The minimum absolute atomic E-state index is 0.0406. The van der Waals surface area contributed by atoms with Crippen LogP contribution in [0, 0.1) is 5.92 Å². The number of aliphatic hydroxyl groups excluding tert-OH is 8. The summed E-state index contributed by atoms with van der Waals surface area (Å²) in [6.45, 7) is 0.0864. The van der Waals surface area contributed by atoms with Crippen LogP contribution in [0.2, 0.25) is 0 Å². The molecule has 0 radical (unpaired) electrons. The van der Waals surface area contributed by atoms with Crippen LogP contribution in [0.4, 0.5) is 0 Å². The van der Waals surface area contributed by atoms with Gasteiger partial charge in [0.15, 0.2) is 17.8 Å². The Morgan fingerprint density at radius 1 is 0.878 bits per heavy atom. The number of methoxy groups -OCH3 is 1. The molecule has 18 nitrogen and oxygen atoms in total.